The fourth-order valence-electron chi connectivity index (χ4n) is 3.60. The first-order valence-electron chi connectivity index (χ1n) is 8.95. The first-order chi connectivity index (χ1) is 12.6. The number of aromatic nitrogens is 4. The Morgan fingerprint density at radius 3 is 2.81 bits per heavy atom. The second kappa shape index (κ2) is 6.78. The number of imidazole rings is 1. The third-order valence-corrected chi connectivity index (χ3v) is 5.31. The van der Waals surface area contributed by atoms with Crippen molar-refractivity contribution in [3.8, 4) is 0 Å². The number of hydrogen-bond donors (Lipinski definition) is 0. The van der Waals surface area contributed by atoms with E-state index in [2.05, 4.69) is 26.8 Å². The number of fused-ring (bicyclic) bond motifs is 1. The maximum atomic E-state index is 13.1. The summed E-state index contributed by atoms with van der Waals surface area (Å²) in [6, 6.07) is 10.3. The van der Waals surface area contributed by atoms with Crippen LogP contribution >= 0.6 is 0 Å². The van der Waals surface area contributed by atoms with Crippen molar-refractivity contribution in [1.82, 2.24) is 24.2 Å². The van der Waals surface area contributed by atoms with Crippen LogP contribution in [0, 0.1) is 6.92 Å². The lowest BCUT2D eigenvalue weighted by Crippen LogP contribution is -2.41. The molecule has 1 aliphatic heterocycles. The largest absolute Gasteiger partial charge is 0.331 e. The van der Waals surface area contributed by atoms with Gasteiger partial charge in [-0.2, -0.15) is 5.10 Å². The van der Waals surface area contributed by atoms with E-state index in [4.69, 9.17) is 0 Å². The zero-order valence-electron chi connectivity index (χ0n) is 15.2. The summed E-state index contributed by atoms with van der Waals surface area (Å²) in [5, 5.41) is 4.27. The lowest BCUT2D eigenvalue weighted by Gasteiger charge is -2.36. The smallest absolute Gasteiger partial charge is 0.223 e. The van der Waals surface area contributed by atoms with Gasteiger partial charge in [0.25, 0.3) is 0 Å². The topological polar surface area (TPSA) is 56.0 Å². The highest BCUT2D eigenvalue weighted by Gasteiger charge is 2.31. The van der Waals surface area contributed by atoms with E-state index in [0.717, 1.165) is 29.2 Å². The van der Waals surface area contributed by atoms with E-state index in [9.17, 15) is 4.79 Å². The summed E-state index contributed by atoms with van der Waals surface area (Å²) in [5.41, 5.74) is 3.42. The molecule has 0 saturated carbocycles. The maximum Gasteiger partial charge on any atom is 0.223 e. The van der Waals surface area contributed by atoms with Gasteiger partial charge in [0.05, 0.1) is 18.8 Å². The average Bonchev–Trinajstić information content (AvgIpc) is 3.26. The molecule has 0 spiro atoms. The summed E-state index contributed by atoms with van der Waals surface area (Å²) >= 11 is 0. The van der Waals surface area contributed by atoms with Gasteiger partial charge in [-0.25, -0.2) is 4.98 Å². The summed E-state index contributed by atoms with van der Waals surface area (Å²) in [7, 11) is 1.93. The normalized spacial score (nSPS) is 16.5. The Morgan fingerprint density at radius 2 is 2.08 bits per heavy atom. The first kappa shape index (κ1) is 16.6. The van der Waals surface area contributed by atoms with E-state index >= 15 is 0 Å². The van der Waals surface area contributed by atoms with Crippen LogP contribution in [0.5, 0.6) is 0 Å². The molecule has 1 unspecified atom stereocenters. The number of carbonyl (C=O) groups is 1. The van der Waals surface area contributed by atoms with E-state index in [0.29, 0.717) is 19.4 Å². The molecule has 0 bridgehead atoms. The number of amides is 1. The van der Waals surface area contributed by atoms with Crippen LogP contribution in [0.15, 0.2) is 48.9 Å². The zero-order valence-corrected chi connectivity index (χ0v) is 15.2. The SMILES string of the molecule is Cc1c(CCC(=O)N2Cc3nccn3CC2c2ccccc2)cnn1C. The number of carbonyl (C=O) groups excluding carboxylic acids is 1. The molecule has 0 radical (unpaired) electrons. The predicted molar refractivity (Wildman–Crippen MR) is 98.2 cm³/mol. The van der Waals surface area contributed by atoms with Crippen molar-refractivity contribution in [2.24, 2.45) is 7.05 Å². The van der Waals surface area contributed by atoms with E-state index in [1.165, 1.54) is 0 Å². The molecule has 6 heteroatoms. The van der Waals surface area contributed by atoms with Gasteiger partial charge in [0.15, 0.2) is 0 Å². The van der Waals surface area contributed by atoms with Crippen LogP contribution < -0.4 is 0 Å². The first-order valence-corrected chi connectivity index (χ1v) is 8.95. The molecule has 1 atom stereocenters. The fraction of sp³-hybridized carbons (Fsp3) is 0.350. The predicted octanol–water partition coefficient (Wildman–Crippen LogP) is 2.64. The van der Waals surface area contributed by atoms with Crippen LogP contribution in [-0.2, 0) is 31.4 Å². The van der Waals surface area contributed by atoms with Crippen LogP contribution in [0.2, 0.25) is 0 Å². The van der Waals surface area contributed by atoms with Crippen molar-refractivity contribution in [1.29, 1.82) is 0 Å². The van der Waals surface area contributed by atoms with E-state index in [1.54, 1.807) is 0 Å². The number of rotatable bonds is 4. The van der Waals surface area contributed by atoms with E-state index < -0.39 is 0 Å². The molecule has 0 fully saturated rings. The Hall–Kier alpha value is -2.89. The van der Waals surface area contributed by atoms with Crippen molar-refractivity contribution in [2.45, 2.75) is 38.9 Å². The molecule has 1 amide bonds. The van der Waals surface area contributed by atoms with Crippen LogP contribution in [0.1, 0.15) is 35.1 Å². The minimum atomic E-state index is 0.0420. The molecule has 0 saturated heterocycles. The van der Waals surface area contributed by atoms with Gasteiger partial charge in [0.2, 0.25) is 5.91 Å². The Morgan fingerprint density at radius 1 is 1.27 bits per heavy atom. The number of benzene rings is 1. The van der Waals surface area contributed by atoms with Gasteiger partial charge in [0, 0.05) is 38.1 Å². The summed E-state index contributed by atoms with van der Waals surface area (Å²) in [5.74, 6) is 1.11. The second-order valence-electron chi connectivity index (χ2n) is 6.82. The highest BCUT2D eigenvalue weighted by molar-refractivity contribution is 5.77. The van der Waals surface area contributed by atoms with E-state index in [-0.39, 0.29) is 11.9 Å². The van der Waals surface area contributed by atoms with Gasteiger partial charge in [-0.05, 0) is 24.5 Å². The highest BCUT2D eigenvalue weighted by atomic mass is 16.2. The molecular formula is C20H23N5O. The number of nitrogens with zero attached hydrogens (tertiary/aromatic N) is 5. The van der Waals surface area contributed by atoms with Gasteiger partial charge in [0.1, 0.15) is 5.82 Å². The molecule has 1 aliphatic rings. The molecule has 2 aromatic heterocycles. The van der Waals surface area contributed by atoms with Crippen molar-refractivity contribution in [2.75, 3.05) is 0 Å². The monoisotopic (exact) mass is 349 g/mol. The maximum absolute atomic E-state index is 13.1. The minimum absolute atomic E-state index is 0.0420. The third-order valence-electron chi connectivity index (χ3n) is 5.31. The van der Waals surface area contributed by atoms with Crippen molar-refractivity contribution >= 4 is 5.91 Å². The molecule has 0 aliphatic carbocycles. The van der Waals surface area contributed by atoms with Gasteiger partial charge in [-0.15, -0.1) is 0 Å². The van der Waals surface area contributed by atoms with Crippen molar-refractivity contribution < 1.29 is 4.79 Å². The van der Waals surface area contributed by atoms with Crippen molar-refractivity contribution in [3.63, 3.8) is 0 Å². The summed E-state index contributed by atoms with van der Waals surface area (Å²) < 4.78 is 4.00. The zero-order chi connectivity index (χ0) is 18.1. The molecule has 4 rings (SSSR count). The van der Waals surface area contributed by atoms with Gasteiger partial charge in [-0.1, -0.05) is 30.3 Å². The second-order valence-corrected chi connectivity index (χ2v) is 6.82. The number of aryl methyl sites for hydroxylation is 2. The Bertz CT molecular complexity index is 911. The summed E-state index contributed by atoms with van der Waals surface area (Å²) in [4.78, 5) is 19.5. The van der Waals surface area contributed by atoms with Crippen LogP contribution in [0.25, 0.3) is 0 Å². The Labute approximate surface area is 153 Å². The molecule has 3 heterocycles. The van der Waals surface area contributed by atoms with Crippen LogP contribution in [-0.4, -0.2) is 30.1 Å². The van der Waals surface area contributed by atoms with Gasteiger partial charge < -0.3 is 9.47 Å². The van der Waals surface area contributed by atoms with Crippen molar-refractivity contribution in [3.05, 3.63) is 71.6 Å². The lowest BCUT2D eigenvalue weighted by molar-refractivity contribution is -0.135. The quantitative estimate of drug-likeness (QED) is 0.728. The standard InChI is InChI=1S/C20H23N5O/c1-15-17(12-22-23(15)2)8-9-20(26)25-14-19-21-10-11-24(19)13-18(25)16-6-4-3-5-7-16/h3-7,10-12,18H,8-9,13-14H2,1-2H3. The van der Waals surface area contributed by atoms with Crippen LogP contribution in [0.4, 0.5) is 0 Å². The Balaban J connectivity index is 1.55. The molecule has 1 aromatic carbocycles. The molecule has 26 heavy (non-hydrogen) atoms. The summed E-state index contributed by atoms with van der Waals surface area (Å²) in [6.07, 6.45) is 6.86. The Kier molecular flexibility index (Phi) is 4.32. The van der Waals surface area contributed by atoms with Gasteiger partial charge >= 0.3 is 0 Å². The average molecular weight is 349 g/mol. The third kappa shape index (κ3) is 3.03. The lowest BCUT2D eigenvalue weighted by atomic mass is 10.0. The minimum Gasteiger partial charge on any atom is -0.331 e. The fourth-order valence-corrected chi connectivity index (χ4v) is 3.60. The number of hydrogen-bond acceptors (Lipinski definition) is 3. The van der Waals surface area contributed by atoms with Gasteiger partial charge in [-0.3, -0.25) is 9.48 Å². The highest BCUT2D eigenvalue weighted by Crippen LogP contribution is 2.30. The molecule has 3 aromatic rings. The molecule has 6 nitrogen and oxygen atoms in total. The van der Waals surface area contributed by atoms with Crippen LogP contribution in [0.3, 0.4) is 0 Å². The molecule has 134 valence electrons. The van der Waals surface area contributed by atoms with E-state index in [1.807, 2.05) is 60.3 Å². The molecular weight excluding hydrogens is 326 g/mol. The molecule has 0 N–H and O–H groups in total. The summed E-state index contributed by atoms with van der Waals surface area (Å²) in [6.45, 7) is 3.34.